The fourth-order valence-corrected chi connectivity index (χ4v) is 2.50. The summed E-state index contributed by atoms with van der Waals surface area (Å²) >= 11 is 6.19. The molecule has 0 fully saturated rings. The van der Waals surface area contributed by atoms with Crippen molar-refractivity contribution in [2.45, 2.75) is 26.7 Å². The second-order valence-electron chi connectivity index (χ2n) is 5.02. The van der Waals surface area contributed by atoms with Crippen molar-refractivity contribution in [2.75, 3.05) is 6.61 Å². The Bertz CT molecular complexity index is 723. The topological polar surface area (TPSA) is 54.3 Å². The fraction of sp³-hybridized carbons (Fsp3) is 0.278. The molecule has 0 radical (unpaired) electrons. The third kappa shape index (κ3) is 4.11. The first-order valence-corrected chi connectivity index (χ1v) is 8.15. The van der Waals surface area contributed by atoms with E-state index in [-0.39, 0.29) is 5.71 Å². The number of rotatable bonds is 6. The summed E-state index contributed by atoms with van der Waals surface area (Å²) in [7, 11) is 0. The summed E-state index contributed by atoms with van der Waals surface area (Å²) in [5.41, 5.74) is 2.06. The van der Waals surface area contributed by atoms with Crippen LogP contribution in [0.5, 0.6) is 0 Å². The molecule has 0 amide bonds. The number of hydrogen-bond donors (Lipinski definition) is 0. The normalized spacial score (nSPS) is 15.8. The van der Waals surface area contributed by atoms with E-state index in [9.17, 15) is 4.79 Å². The Morgan fingerprint density at radius 2 is 2.17 bits per heavy atom. The molecule has 0 aliphatic carbocycles. The Morgan fingerprint density at radius 3 is 2.79 bits per heavy atom. The van der Waals surface area contributed by atoms with E-state index in [1.165, 1.54) is 0 Å². The van der Waals surface area contributed by atoms with Gasteiger partial charge in [-0.2, -0.15) is 5.10 Å². The molecule has 0 spiro atoms. The zero-order valence-corrected chi connectivity index (χ0v) is 14.6. The van der Waals surface area contributed by atoms with Gasteiger partial charge in [0.1, 0.15) is 0 Å². The minimum atomic E-state index is -0.448. The highest BCUT2D eigenvalue weighted by Gasteiger charge is 2.22. The van der Waals surface area contributed by atoms with E-state index < -0.39 is 5.97 Å². The molecule has 0 N–H and O–H groups in total. The molecule has 24 heavy (non-hydrogen) atoms. The molecule has 1 aliphatic rings. The molecule has 0 saturated heterocycles. The smallest absolute Gasteiger partial charge is 0.357 e. The average Bonchev–Trinajstić information content (AvgIpc) is 2.60. The van der Waals surface area contributed by atoms with Crippen LogP contribution in [0.1, 0.15) is 25.8 Å². The lowest BCUT2D eigenvalue weighted by atomic mass is 10.1. The Hall–Kier alpha value is -2.40. The zero-order chi connectivity index (χ0) is 17.5. The van der Waals surface area contributed by atoms with E-state index in [2.05, 4.69) is 16.8 Å². The van der Waals surface area contributed by atoms with Crippen molar-refractivity contribution in [3.63, 3.8) is 0 Å². The molecule has 1 aliphatic heterocycles. The van der Waals surface area contributed by atoms with Crippen LogP contribution >= 0.6 is 11.6 Å². The molecule has 1 aromatic rings. The van der Waals surface area contributed by atoms with Crippen LogP contribution in [0.3, 0.4) is 0 Å². The molecule has 5 nitrogen and oxygen atoms in total. The molecule has 126 valence electrons. The Labute approximate surface area is 147 Å². The summed E-state index contributed by atoms with van der Waals surface area (Å²) in [6.45, 7) is 7.63. The number of carbonyl (C=O) groups is 1. The van der Waals surface area contributed by atoms with Crippen molar-refractivity contribution in [3.8, 4) is 0 Å². The highest BCUT2D eigenvalue weighted by atomic mass is 35.5. The summed E-state index contributed by atoms with van der Waals surface area (Å²) < 4.78 is 5.05. The standard InChI is InChI=1S/C18H20ClN3O2/c1-4-14-12-16(18(23)24-5-2)21-17(22(14)20-3)11-10-13-8-6-7-9-15(13)19/h6-9,11-12H,3-5,10H2,1-2H3/b17-11-. The van der Waals surface area contributed by atoms with Gasteiger partial charge in [0.2, 0.25) is 0 Å². The minimum absolute atomic E-state index is 0.263. The summed E-state index contributed by atoms with van der Waals surface area (Å²) in [6, 6.07) is 7.59. The Kier molecular flexibility index (Phi) is 6.32. The number of benzene rings is 1. The number of nitrogens with zero attached hydrogens (tertiary/aromatic N) is 3. The van der Waals surface area contributed by atoms with Crippen molar-refractivity contribution in [3.05, 3.63) is 58.5 Å². The van der Waals surface area contributed by atoms with Crippen LogP contribution in [0.2, 0.25) is 5.02 Å². The molecule has 2 rings (SSSR count). The van der Waals surface area contributed by atoms with E-state index in [4.69, 9.17) is 16.3 Å². The molecule has 0 bridgehead atoms. The van der Waals surface area contributed by atoms with Crippen LogP contribution in [0.25, 0.3) is 0 Å². The van der Waals surface area contributed by atoms with Gasteiger partial charge in [-0.1, -0.05) is 36.7 Å². The SMILES string of the molecule is C=NN1C(CC)=CC(C(=O)OCC)=N/C1=C/Cc1ccccc1Cl. The van der Waals surface area contributed by atoms with Gasteiger partial charge in [-0.15, -0.1) is 0 Å². The van der Waals surface area contributed by atoms with E-state index >= 15 is 0 Å². The lowest BCUT2D eigenvalue weighted by Crippen LogP contribution is -2.26. The van der Waals surface area contributed by atoms with Gasteiger partial charge in [-0.05, 0) is 43.5 Å². The third-order valence-corrected chi connectivity index (χ3v) is 3.85. The number of hydrogen-bond acceptors (Lipinski definition) is 5. The Morgan fingerprint density at radius 1 is 1.42 bits per heavy atom. The van der Waals surface area contributed by atoms with Gasteiger partial charge in [-0.3, -0.25) is 0 Å². The van der Waals surface area contributed by atoms with Crippen LogP contribution < -0.4 is 0 Å². The van der Waals surface area contributed by atoms with Crippen LogP contribution in [0.4, 0.5) is 0 Å². The lowest BCUT2D eigenvalue weighted by molar-refractivity contribution is -0.134. The molecule has 1 aromatic carbocycles. The summed E-state index contributed by atoms with van der Waals surface area (Å²) in [5.74, 6) is 0.0862. The summed E-state index contributed by atoms with van der Waals surface area (Å²) in [4.78, 5) is 16.4. The maximum Gasteiger partial charge on any atom is 0.357 e. The van der Waals surface area contributed by atoms with E-state index in [1.807, 2.05) is 37.3 Å². The molecule has 6 heteroatoms. The first kappa shape index (κ1) is 17.9. The molecule has 0 aromatic heterocycles. The van der Waals surface area contributed by atoms with E-state index in [1.54, 1.807) is 18.0 Å². The lowest BCUT2D eigenvalue weighted by Gasteiger charge is -2.25. The molecular formula is C18H20ClN3O2. The van der Waals surface area contributed by atoms with Gasteiger partial charge in [0.25, 0.3) is 0 Å². The largest absolute Gasteiger partial charge is 0.461 e. The van der Waals surface area contributed by atoms with Crippen molar-refractivity contribution in [1.82, 2.24) is 5.01 Å². The number of carbonyl (C=O) groups excluding carboxylic acids is 1. The first-order valence-electron chi connectivity index (χ1n) is 7.77. The highest BCUT2D eigenvalue weighted by molar-refractivity contribution is 6.41. The average molecular weight is 346 g/mol. The predicted molar refractivity (Wildman–Crippen MR) is 97.1 cm³/mol. The predicted octanol–water partition coefficient (Wildman–Crippen LogP) is 3.95. The van der Waals surface area contributed by atoms with Gasteiger partial charge < -0.3 is 4.74 Å². The van der Waals surface area contributed by atoms with Crippen molar-refractivity contribution in [1.29, 1.82) is 0 Å². The van der Waals surface area contributed by atoms with Gasteiger partial charge in [-0.25, -0.2) is 14.8 Å². The van der Waals surface area contributed by atoms with E-state index in [0.29, 0.717) is 30.3 Å². The number of aliphatic imine (C=N–C) groups is 1. The molecule has 0 unspecified atom stereocenters. The van der Waals surface area contributed by atoms with Crippen molar-refractivity contribution in [2.24, 2.45) is 10.1 Å². The molecular weight excluding hydrogens is 326 g/mol. The highest BCUT2D eigenvalue weighted by Crippen LogP contribution is 2.24. The van der Waals surface area contributed by atoms with Gasteiger partial charge >= 0.3 is 5.97 Å². The van der Waals surface area contributed by atoms with Crippen LogP contribution in [-0.4, -0.2) is 30.0 Å². The maximum atomic E-state index is 12.0. The van der Waals surface area contributed by atoms with Crippen molar-refractivity contribution >= 4 is 30.0 Å². The minimum Gasteiger partial charge on any atom is -0.461 e. The maximum absolute atomic E-state index is 12.0. The number of ether oxygens (including phenoxy) is 1. The molecule has 1 heterocycles. The number of allylic oxidation sites excluding steroid dienone is 2. The number of hydrazone groups is 1. The fourth-order valence-electron chi connectivity index (χ4n) is 2.29. The van der Waals surface area contributed by atoms with Gasteiger partial charge in [0.15, 0.2) is 11.5 Å². The van der Waals surface area contributed by atoms with E-state index in [0.717, 1.165) is 11.3 Å². The number of esters is 1. The quantitative estimate of drug-likeness (QED) is 0.579. The van der Waals surface area contributed by atoms with Gasteiger partial charge in [0.05, 0.1) is 6.61 Å². The van der Waals surface area contributed by atoms with Crippen LogP contribution in [-0.2, 0) is 16.0 Å². The van der Waals surface area contributed by atoms with Crippen LogP contribution in [0, 0.1) is 0 Å². The second-order valence-corrected chi connectivity index (χ2v) is 5.43. The first-order chi connectivity index (χ1) is 11.6. The molecule has 0 saturated carbocycles. The van der Waals surface area contributed by atoms with Crippen molar-refractivity contribution < 1.29 is 9.53 Å². The monoisotopic (exact) mass is 345 g/mol. The number of halogens is 1. The van der Waals surface area contributed by atoms with Gasteiger partial charge in [0, 0.05) is 17.4 Å². The second kappa shape index (κ2) is 8.45. The zero-order valence-electron chi connectivity index (χ0n) is 13.8. The third-order valence-electron chi connectivity index (χ3n) is 3.48. The van der Waals surface area contributed by atoms with Crippen LogP contribution in [0.15, 0.2) is 58.0 Å². The summed E-state index contributed by atoms with van der Waals surface area (Å²) in [6.07, 6.45) is 4.80. The Balaban J connectivity index is 2.35. The molecule has 0 atom stereocenters. The summed E-state index contributed by atoms with van der Waals surface area (Å²) in [5, 5.41) is 6.32.